The highest BCUT2D eigenvalue weighted by Gasteiger charge is 2.05. The number of ether oxygens (including phenoxy) is 2. The van der Waals surface area contributed by atoms with Crippen LogP contribution in [0.3, 0.4) is 0 Å². The standard InChI is InChI=1S/C15H17BrN2O2/c1-3-20-14-8-11(4-6-13(14)19-2)9-17-12-5-7-15(16)18-10-12/h4-8,10,17H,3,9H2,1-2H3. The van der Waals surface area contributed by atoms with E-state index in [1.807, 2.05) is 37.3 Å². The third kappa shape index (κ3) is 3.87. The van der Waals surface area contributed by atoms with Crippen LogP contribution in [0.1, 0.15) is 12.5 Å². The Labute approximate surface area is 127 Å². The Morgan fingerprint density at radius 1 is 1.20 bits per heavy atom. The number of halogens is 1. The molecule has 0 spiro atoms. The Morgan fingerprint density at radius 2 is 2.05 bits per heavy atom. The minimum Gasteiger partial charge on any atom is -0.493 e. The number of hydrogen-bond acceptors (Lipinski definition) is 4. The fourth-order valence-electron chi connectivity index (χ4n) is 1.78. The maximum Gasteiger partial charge on any atom is 0.161 e. The van der Waals surface area contributed by atoms with Crippen molar-refractivity contribution in [2.45, 2.75) is 13.5 Å². The molecule has 0 atom stereocenters. The molecule has 0 unspecified atom stereocenters. The van der Waals surface area contributed by atoms with Crippen molar-refractivity contribution >= 4 is 21.6 Å². The summed E-state index contributed by atoms with van der Waals surface area (Å²) in [6.07, 6.45) is 1.79. The van der Waals surface area contributed by atoms with Crippen LogP contribution in [0.25, 0.3) is 0 Å². The van der Waals surface area contributed by atoms with E-state index in [-0.39, 0.29) is 0 Å². The lowest BCUT2D eigenvalue weighted by Gasteiger charge is -2.12. The maximum atomic E-state index is 5.56. The first kappa shape index (κ1) is 14.7. The van der Waals surface area contributed by atoms with Gasteiger partial charge in [0.05, 0.1) is 25.6 Å². The fraction of sp³-hybridized carbons (Fsp3) is 0.267. The van der Waals surface area contributed by atoms with Gasteiger partial charge in [0.25, 0.3) is 0 Å². The molecule has 1 aromatic heterocycles. The molecule has 1 N–H and O–H groups in total. The first-order valence-electron chi connectivity index (χ1n) is 6.38. The summed E-state index contributed by atoms with van der Waals surface area (Å²) in [6, 6.07) is 9.80. The summed E-state index contributed by atoms with van der Waals surface area (Å²) in [5, 5.41) is 3.32. The van der Waals surface area contributed by atoms with E-state index in [1.54, 1.807) is 13.3 Å². The Kier molecular flexibility index (Phi) is 5.24. The maximum absolute atomic E-state index is 5.56. The monoisotopic (exact) mass is 336 g/mol. The molecule has 106 valence electrons. The van der Waals surface area contributed by atoms with Crippen LogP contribution in [0, 0.1) is 0 Å². The number of methoxy groups -OCH3 is 1. The highest BCUT2D eigenvalue weighted by molar-refractivity contribution is 9.10. The molecule has 0 aliphatic heterocycles. The van der Waals surface area contributed by atoms with E-state index in [1.165, 1.54) is 0 Å². The van der Waals surface area contributed by atoms with Gasteiger partial charge in [0, 0.05) is 6.54 Å². The van der Waals surface area contributed by atoms with Gasteiger partial charge in [-0.15, -0.1) is 0 Å². The predicted molar refractivity (Wildman–Crippen MR) is 83.4 cm³/mol. The summed E-state index contributed by atoms with van der Waals surface area (Å²) >= 11 is 3.31. The molecule has 0 aliphatic rings. The van der Waals surface area contributed by atoms with Gasteiger partial charge in [-0.05, 0) is 52.7 Å². The van der Waals surface area contributed by atoms with E-state index >= 15 is 0 Å². The first-order chi connectivity index (χ1) is 9.72. The number of aromatic nitrogens is 1. The van der Waals surface area contributed by atoms with Crippen LogP contribution in [0.15, 0.2) is 41.1 Å². The van der Waals surface area contributed by atoms with Gasteiger partial charge < -0.3 is 14.8 Å². The van der Waals surface area contributed by atoms with Gasteiger partial charge in [-0.1, -0.05) is 6.07 Å². The van der Waals surface area contributed by atoms with Crippen molar-refractivity contribution in [3.63, 3.8) is 0 Å². The third-order valence-electron chi connectivity index (χ3n) is 2.75. The summed E-state index contributed by atoms with van der Waals surface area (Å²) in [6.45, 7) is 3.27. The molecule has 2 aromatic rings. The number of nitrogens with one attached hydrogen (secondary N) is 1. The van der Waals surface area contributed by atoms with Crippen molar-refractivity contribution in [3.8, 4) is 11.5 Å². The van der Waals surface area contributed by atoms with Crippen LogP contribution in [0.5, 0.6) is 11.5 Å². The second kappa shape index (κ2) is 7.14. The number of rotatable bonds is 6. The molecule has 4 nitrogen and oxygen atoms in total. The van der Waals surface area contributed by atoms with Gasteiger partial charge >= 0.3 is 0 Å². The Hall–Kier alpha value is -1.75. The second-order valence-electron chi connectivity index (χ2n) is 4.14. The second-order valence-corrected chi connectivity index (χ2v) is 4.95. The molecule has 0 aliphatic carbocycles. The van der Waals surface area contributed by atoms with Crippen molar-refractivity contribution in [2.75, 3.05) is 19.0 Å². The average molecular weight is 337 g/mol. The minimum atomic E-state index is 0.615. The molecule has 5 heteroatoms. The summed E-state index contributed by atoms with van der Waals surface area (Å²) < 4.78 is 11.7. The molecule has 0 radical (unpaired) electrons. The van der Waals surface area contributed by atoms with Gasteiger partial charge in [0.2, 0.25) is 0 Å². The van der Waals surface area contributed by atoms with E-state index in [4.69, 9.17) is 9.47 Å². The van der Waals surface area contributed by atoms with Crippen LogP contribution in [0.4, 0.5) is 5.69 Å². The normalized spacial score (nSPS) is 10.2. The lowest BCUT2D eigenvalue weighted by Crippen LogP contribution is -2.01. The summed E-state index contributed by atoms with van der Waals surface area (Å²) in [5.41, 5.74) is 2.10. The van der Waals surface area contributed by atoms with Gasteiger partial charge in [-0.3, -0.25) is 0 Å². The number of pyridine rings is 1. The molecular formula is C15H17BrN2O2. The predicted octanol–water partition coefficient (Wildman–Crippen LogP) is 3.86. The molecule has 0 fully saturated rings. The highest BCUT2D eigenvalue weighted by atomic mass is 79.9. The van der Waals surface area contributed by atoms with Gasteiger partial charge in [0.15, 0.2) is 11.5 Å². The Morgan fingerprint density at radius 3 is 2.70 bits per heavy atom. The van der Waals surface area contributed by atoms with Gasteiger partial charge in [-0.25, -0.2) is 4.98 Å². The zero-order chi connectivity index (χ0) is 14.4. The van der Waals surface area contributed by atoms with Crippen LogP contribution in [-0.2, 0) is 6.54 Å². The Bertz CT molecular complexity index is 558. The number of hydrogen-bond donors (Lipinski definition) is 1. The van der Waals surface area contributed by atoms with Crippen molar-refractivity contribution in [1.29, 1.82) is 0 Å². The van der Waals surface area contributed by atoms with Crippen molar-refractivity contribution in [3.05, 3.63) is 46.7 Å². The molecule has 0 saturated heterocycles. The Balaban J connectivity index is 2.05. The van der Waals surface area contributed by atoms with E-state index in [9.17, 15) is 0 Å². The SMILES string of the molecule is CCOc1cc(CNc2ccc(Br)nc2)ccc1OC. The summed E-state index contributed by atoms with van der Waals surface area (Å²) in [4.78, 5) is 4.18. The lowest BCUT2D eigenvalue weighted by molar-refractivity contribution is 0.310. The molecule has 20 heavy (non-hydrogen) atoms. The quantitative estimate of drug-likeness (QED) is 0.813. The lowest BCUT2D eigenvalue weighted by atomic mass is 10.2. The molecule has 0 amide bonds. The molecule has 0 bridgehead atoms. The fourth-order valence-corrected chi connectivity index (χ4v) is 2.02. The van der Waals surface area contributed by atoms with E-state index in [0.717, 1.165) is 27.4 Å². The zero-order valence-electron chi connectivity index (χ0n) is 11.5. The topological polar surface area (TPSA) is 43.4 Å². The first-order valence-corrected chi connectivity index (χ1v) is 7.17. The molecule has 1 aromatic carbocycles. The largest absolute Gasteiger partial charge is 0.493 e. The third-order valence-corrected chi connectivity index (χ3v) is 3.22. The van der Waals surface area contributed by atoms with Crippen LogP contribution >= 0.6 is 15.9 Å². The van der Waals surface area contributed by atoms with Crippen LogP contribution in [-0.4, -0.2) is 18.7 Å². The minimum absolute atomic E-state index is 0.615. The smallest absolute Gasteiger partial charge is 0.161 e. The molecule has 2 rings (SSSR count). The number of anilines is 1. The van der Waals surface area contributed by atoms with E-state index in [0.29, 0.717) is 13.2 Å². The molecule has 0 saturated carbocycles. The average Bonchev–Trinajstić information content (AvgIpc) is 2.47. The van der Waals surface area contributed by atoms with Crippen LogP contribution in [0.2, 0.25) is 0 Å². The van der Waals surface area contributed by atoms with Gasteiger partial charge in [-0.2, -0.15) is 0 Å². The zero-order valence-corrected chi connectivity index (χ0v) is 13.1. The number of benzene rings is 1. The highest BCUT2D eigenvalue weighted by Crippen LogP contribution is 2.28. The van der Waals surface area contributed by atoms with Crippen molar-refractivity contribution in [1.82, 2.24) is 4.98 Å². The van der Waals surface area contributed by atoms with Crippen molar-refractivity contribution < 1.29 is 9.47 Å². The molecular weight excluding hydrogens is 320 g/mol. The van der Waals surface area contributed by atoms with Crippen molar-refractivity contribution in [2.24, 2.45) is 0 Å². The van der Waals surface area contributed by atoms with Crippen LogP contribution < -0.4 is 14.8 Å². The summed E-state index contributed by atoms with van der Waals surface area (Å²) in [5.74, 6) is 1.52. The van der Waals surface area contributed by atoms with E-state index in [2.05, 4.69) is 26.2 Å². The number of nitrogens with zero attached hydrogens (tertiary/aromatic N) is 1. The van der Waals surface area contributed by atoms with E-state index < -0.39 is 0 Å². The summed E-state index contributed by atoms with van der Waals surface area (Å²) in [7, 11) is 1.64. The molecule has 1 heterocycles. The van der Waals surface area contributed by atoms with Gasteiger partial charge in [0.1, 0.15) is 4.60 Å².